The zero-order valence-corrected chi connectivity index (χ0v) is 23.5. The van der Waals surface area contributed by atoms with Crippen LogP contribution in [0.5, 0.6) is 5.75 Å². The highest BCUT2D eigenvalue weighted by atomic mass is 16.6. The molecule has 0 aliphatic carbocycles. The van der Waals surface area contributed by atoms with Gasteiger partial charge in [0.2, 0.25) is 0 Å². The third-order valence-corrected chi connectivity index (χ3v) is 6.65. The van der Waals surface area contributed by atoms with Gasteiger partial charge in [0.05, 0.1) is 53.6 Å². The number of nitro benzene ring substituents is 1. The molecule has 1 aliphatic heterocycles. The number of nitrogens with one attached hydrogen (secondary N) is 1. The van der Waals surface area contributed by atoms with Crippen molar-refractivity contribution in [3.05, 3.63) is 111 Å². The van der Waals surface area contributed by atoms with E-state index in [1.165, 1.54) is 24.3 Å². The lowest BCUT2D eigenvalue weighted by atomic mass is 9.80. The van der Waals surface area contributed by atoms with Gasteiger partial charge in [-0.25, -0.2) is 19.4 Å². The van der Waals surface area contributed by atoms with Crippen LogP contribution in [-0.2, 0) is 25.6 Å². The van der Waals surface area contributed by atoms with Crippen molar-refractivity contribution in [1.29, 1.82) is 0 Å². The lowest BCUT2D eigenvalue weighted by molar-refractivity contribution is -0.384. The summed E-state index contributed by atoms with van der Waals surface area (Å²) in [5.41, 5.74) is 0.926. The number of aromatic nitrogens is 2. The van der Waals surface area contributed by atoms with E-state index in [0.717, 1.165) is 0 Å². The molecule has 0 amide bonds. The lowest BCUT2D eigenvalue weighted by Crippen LogP contribution is -2.32. The van der Waals surface area contributed by atoms with Crippen LogP contribution in [0, 0.1) is 10.1 Å². The Bertz CT molecular complexity index is 1560. The van der Waals surface area contributed by atoms with Crippen LogP contribution in [0.15, 0.2) is 89.8 Å². The quantitative estimate of drug-likeness (QED) is 0.128. The summed E-state index contributed by atoms with van der Waals surface area (Å²) in [6, 6.07) is 12.0. The molecule has 0 bridgehead atoms. The molecule has 1 aromatic heterocycles. The van der Waals surface area contributed by atoms with Crippen molar-refractivity contribution in [2.24, 2.45) is 0 Å². The van der Waals surface area contributed by atoms with Gasteiger partial charge < -0.3 is 29.2 Å². The largest absolute Gasteiger partial charge is 0.492 e. The summed E-state index contributed by atoms with van der Waals surface area (Å²) in [5.74, 6) is -3.11. The average Bonchev–Trinajstić information content (AvgIpc) is 3.50. The molecule has 13 nitrogen and oxygen atoms in total. The number of imidazole rings is 1. The smallest absolute Gasteiger partial charge is 0.338 e. The summed E-state index contributed by atoms with van der Waals surface area (Å²) in [6.07, 6.45) is 5.40. The predicted octanol–water partition coefficient (Wildman–Crippen LogP) is 3.98. The van der Waals surface area contributed by atoms with Crippen LogP contribution >= 0.6 is 0 Å². The number of esters is 2. The Morgan fingerprint density at radius 3 is 2.35 bits per heavy atom. The maximum Gasteiger partial charge on any atom is 0.338 e. The van der Waals surface area contributed by atoms with Crippen LogP contribution in [0.1, 0.15) is 42.1 Å². The number of nitrogens with zero attached hydrogens (tertiary/aromatic N) is 3. The molecule has 224 valence electrons. The first-order chi connectivity index (χ1) is 20.7. The summed E-state index contributed by atoms with van der Waals surface area (Å²) in [6.45, 7) is 4.08. The van der Waals surface area contributed by atoms with Gasteiger partial charge in [-0.05, 0) is 43.7 Å². The summed E-state index contributed by atoms with van der Waals surface area (Å²) in [7, 11) is 0. The van der Waals surface area contributed by atoms with Crippen LogP contribution in [0.25, 0.3) is 0 Å². The third-order valence-electron chi connectivity index (χ3n) is 6.65. The Labute approximate surface area is 246 Å². The molecule has 0 saturated carbocycles. The molecule has 43 heavy (non-hydrogen) atoms. The Morgan fingerprint density at radius 1 is 1.00 bits per heavy atom. The molecule has 2 heterocycles. The number of dihydropyridines is 1. The van der Waals surface area contributed by atoms with Gasteiger partial charge in [0.15, 0.2) is 0 Å². The van der Waals surface area contributed by atoms with Crippen LogP contribution in [0.4, 0.5) is 5.69 Å². The first kappa shape index (κ1) is 30.5. The second-order valence-electron chi connectivity index (χ2n) is 9.59. The highest BCUT2D eigenvalue weighted by molar-refractivity contribution is 5.99. The van der Waals surface area contributed by atoms with E-state index in [1.54, 1.807) is 50.6 Å². The lowest BCUT2D eigenvalue weighted by Gasteiger charge is -2.29. The van der Waals surface area contributed by atoms with Gasteiger partial charge in [-0.1, -0.05) is 12.1 Å². The number of hydrogen-bond acceptors (Lipinski definition) is 10. The van der Waals surface area contributed by atoms with Gasteiger partial charge in [0, 0.05) is 42.3 Å². The molecule has 0 fully saturated rings. The Hall–Kier alpha value is -5.46. The van der Waals surface area contributed by atoms with Crippen molar-refractivity contribution in [2.45, 2.75) is 32.7 Å². The van der Waals surface area contributed by atoms with Gasteiger partial charge in [-0.2, -0.15) is 0 Å². The standard InChI is InChI=1S/C30H30N4O9/c1-19-25(28(35)36)27(22-5-3-6-23(17-22)34(39)40)26(20(2)32-19)30(38)43-15-4-14-42-29(37)21-7-9-24(10-8-21)41-16-13-33-12-11-31-18-33/h3,5-12,17-18,27,32H,4,13-16H2,1-2H3,(H,35,36). The van der Waals surface area contributed by atoms with Crippen molar-refractivity contribution < 1.29 is 38.6 Å². The number of benzene rings is 2. The van der Waals surface area contributed by atoms with Gasteiger partial charge in [0.25, 0.3) is 5.69 Å². The number of rotatable bonds is 13. The fourth-order valence-corrected chi connectivity index (χ4v) is 4.62. The topological polar surface area (TPSA) is 172 Å². The molecule has 0 saturated heterocycles. The molecule has 3 aromatic rings. The van der Waals surface area contributed by atoms with Crippen LogP contribution in [-0.4, -0.2) is 57.3 Å². The average molecular weight is 591 g/mol. The molecule has 0 radical (unpaired) electrons. The van der Waals surface area contributed by atoms with E-state index in [9.17, 15) is 29.6 Å². The molecule has 2 aromatic carbocycles. The zero-order chi connectivity index (χ0) is 30.9. The monoisotopic (exact) mass is 590 g/mol. The second-order valence-corrected chi connectivity index (χ2v) is 9.59. The van der Waals surface area contributed by atoms with Gasteiger partial charge in [-0.3, -0.25) is 10.1 Å². The summed E-state index contributed by atoms with van der Waals surface area (Å²) in [5, 5.41) is 24.2. The molecular weight excluding hydrogens is 560 g/mol. The van der Waals surface area contributed by atoms with E-state index < -0.39 is 28.7 Å². The minimum absolute atomic E-state index is 0.0211. The van der Waals surface area contributed by atoms with Crippen molar-refractivity contribution in [3.63, 3.8) is 0 Å². The number of aliphatic carboxylic acids is 1. The van der Waals surface area contributed by atoms with E-state index in [4.69, 9.17) is 14.2 Å². The Morgan fingerprint density at radius 2 is 1.70 bits per heavy atom. The maximum atomic E-state index is 13.2. The van der Waals surface area contributed by atoms with Crippen LogP contribution in [0.2, 0.25) is 0 Å². The summed E-state index contributed by atoms with van der Waals surface area (Å²) >= 11 is 0. The maximum absolute atomic E-state index is 13.2. The summed E-state index contributed by atoms with van der Waals surface area (Å²) < 4.78 is 18.2. The number of carboxylic acid groups (broad SMARTS) is 1. The molecule has 1 aliphatic rings. The SMILES string of the molecule is CC1=C(C(=O)O)C(c2cccc([N+](=O)[O-])c2)C(C(=O)OCCCOC(=O)c2ccc(OCCn3ccnc3)cc2)=C(C)N1. The highest BCUT2D eigenvalue weighted by Crippen LogP contribution is 2.39. The van der Waals surface area contributed by atoms with Gasteiger partial charge >= 0.3 is 17.9 Å². The molecular formula is C30H30N4O9. The Balaban J connectivity index is 1.31. The number of carbonyl (C=O) groups is 3. The van der Waals surface area contributed by atoms with Crippen molar-refractivity contribution in [3.8, 4) is 5.75 Å². The normalized spacial score (nSPS) is 14.6. The van der Waals surface area contributed by atoms with E-state index in [1.807, 2.05) is 10.8 Å². The minimum Gasteiger partial charge on any atom is -0.492 e. The minimum atomic E-state index is -1.28. The van der Waals surface area contributed by atoms with Crippen LogP contribution in [0.3, 0.4) is 0 Å². The molecule has 0 spiro atoms. The number of ether oxygens (including phenoxy) is 3. The molecule has 1 atom stereocenters. The van der Waals surface area contributed by atoms with E-state index in [0.29, 0.717) is 35.9 Å². The number of allylic oxidation sites excluding steroid dienone is 2. The van der Waals surface area contributed by atoms with Crippen molar-refractivity contribution in [1.82, 2.24) is 14.9 Å². The number of carbonyl (C=O) groups excluding carboxylic acids is 2. The van der Waals surface area contributed by atoms with Gasteiger partial charge in [0.1, 0.15) is 12.4 Å². The van der Waals surface area contributed by atoms with Crippen LogP contribution < -0.4 is 10.1 Å². The van der Waals surface area contributed by atoms with Crippen molar-refractivity contribution in [2.75, 3.05) is 19.8 Å². The molecule has 13 heteroatoms. The molecule has 4 rings (SSSR count). The van der Waals surface area contributed by atoms with Gasteiger partial charge in [-0.15, -0.1) is 0 Å². The number of hydrogen-bond donors (Lipinski definition) is 2. The second kappa shape index (κ2) is 13.9. The fourth-order valence-electron chi connectivity index (χ4n) is 4.62. The number of carboxylic acids is 1. The first-order valence-corrected chi connectivity index (χ1v) is 13.3. The Kier molecular flexibility index (Phi) is 9.89. The first-order valence-electron chi connectivity index (χ1n) is 13.3. The number of non-ortho nitro benzene ring substituents is 1. The number of nitro groups is 1. The zero-order valence-electron chi connectivity index (χ0n) is 23.5. The third kappa shape index (κ3) is 7.64. The van der Waals surface area contributed by atoms with E-state index >= 15 is 0 Å². The van der Waals surface area contributed by atoms with E-state index in [-0.39, 0.29) is 42.0 Å². The fraction of sp³-hybridized carbons (Fsp3) is 0.267. The van der Waals surface area contributed by atoms with Crippen molar-refractivity contribution >= 4 is 23.6 Å². The molecule has 1 unspecified atom stereocenters. The predicted molar refractivity (Wildman–Crippen MR) is 152 cm³/mol. The molecule has 2 N–H and O–H groups in total. The van der Waals surface area contributed by atoms with E-state index in [2.05, 4.69) is 10.3 Å². The highest BCUT2D eigenvalue weighted by Gasteiger charge is 2.37. The summed E-state index contributed by atoms with van der Waals surface area (Å²) in [4.78, 5) is 52.5.